The van der Waals surface area contributed by atoms with Crippen molar-refractivity contribution in [2.75, 3.05) is 13.2 Å². The SMILES string of the molecule is O=C(NCc1cc(Cl)c2c(c1)OCCCO2)c1ccc(Cl)s1. The Morgan fingerprint density at radius 2 is 2.05 bits per heavy atom. The van der Waals surface area contributed by atoms with Crippen LogP contribution < -0.4 is 14.8 Å². The number of ether oxygens (including phenoxy) is 2. The number of rotatable bonds is 3. The first-order valence-electron chi connectivity index (χ1n) is 6.75. The number of hydrogen-bond donors (Lipinski definition) is 1. The van der Waals surface area contributed by atoms with Gasteiger partial charge in [0.2, 0.25) is 0 Å². The molecule has 2 heterocycles. The van der Waals surface area contributed by atoms with Gasteiger partial charge in [0.05, 0.1) is 27.4 Å². The third-order valence-electron chi connectivity index (χ3n) is 3.11. The third-order valence-corrected chi connectivity index (χ3v) is 4.62. The van der Waals surface area contributed by atoms with Gasteiger partial charge in [0.25, 0.3) is 5.91 Å². The summed E-state index contributed by atoms with van der Waals surface area (Å²) in [5.41, 5.74) is 0.852. The lowest BCUT2D eigenvalue weighted by atomic mass is 10.2. The van der Waals surface area contributed by atoms with E-state index in [1.807, 2.05) is 6.07 Å². The Kier molecular flexibility index (Phi) is 4.76. The zero-order valence-corrected chi connectivity index (χ0v) is 13.9. The Balaban J connectivity index is 1.71. The van der Waals surface area contributed by atoms with Crippen molar-refractivity contribution in [2.45, 2.75) is 13.0 Å². The first kappa shape index (κ1) is 15.5. The maximum Gasteiger partial charge on any atom is 0.261 e. The summed E-state index contributed by atoms with van der Waals surface area (Å²) < 4.78 is 11.8. The molecule has 1 aromatic heterocycles. The van der Waals surface area contributed by atoms with Crippen molar-refractivity contribution in [3.63, 3.8) is 0 Å². The molecule has 0 bridgehead atoms. The minimum absolute atomic E-state index is 0.167. The second-order valence-electron chi connectivity index (χ2n) is 4.74. The van der Waals surface area contributed by atoms with Gasteiger partial charge in [-0.2, -0.15) is 0 Å². The molecule has 1 aliphatic heterocycles. The van der Waals surface area contributed by atoms with Crippen molar-refractivity contribution >= 4 is 40.4 Å². The fourth-order valence-electron chi connectivity index (χ4n) is 2.09. The van der Waals surface area contributed by atoms with Gasteiger partial charge in [-0.3, -0.25) is 4.79 Å². The number of nitrogens with one attached hydrogen (secondary N) is 1. The smallest absolute Gasteiger partial charge is 0.261 e. The van der Waals surface area contributed by atoms with Gasteiger partial charge in [-0.1, -0.05) is 23.2 Å². The molecule has 0 saturated heterocycles. The van der Waals surface area contributed by atoms with Crippen LogP contribution in [-0.4, -0.2) is 19.1 Å². The summed E-state index contributed by atoms with van der Waals surface area (Å²) in [6, 6.07) is 7.01. The van der Waals surface area contributed by atoms with E-state index in [0.717, 1.165) is 12.0 Å². The van der Waals surface area contributed by atoms with E-state index in [4.69, 9.17) is 32.7 Å². The van der Waals surface area contributed by atoms with Crippen LogP contribution in [0.2, 0.25) is 9.36 Å². The van der Waals surface area contributed by atoms with Gasteiger partial charge in [-0.25, -0.2) is 0 Å². The van der Waals surface area contributed by atoms with Crippen LogP contribution >= 0.6 is 34.5 Å². The van der Waals surface area contributed by atoms with Crippen LogP contribution in [-0.2, 0) is 6.54 Å². The normalized spacial score (nSPS) is 13.5. The highest BCUT2D eigenvalue weighted by atomic mass is 35.5. The van der Waals surface area contributed by atoms with Gasteiger partial charge in [-0.05, 0) is 29.8 Å². The number of hydrogen-bond acceptors (Lipinski definition) is 4. The highest BCUT2D eigenvalue weighted by molar-refractivity contribution is 7.17. The Hall–Kier alpha value is -1.43. The Bertz CT molecular complexity index is 702. The van der Waals surface area contributed by atoms with Gasteiger partial charge < -0.3 is 14.8 Å². The molecule has 7 heteroatoms. The lowest BCUT2D eigenvalue weighted by Crippen LogP contribution is -2.21. The maximum atomic E-state index is 12.0. The molecular weight excluding hydrogens is 345 g/mol. The molecule has 3 rings (SSSR count). The Morgan fingerprint density at radius 3 is 2.82 bits per heavy atom. The van der Waals surface area contributed by atoms with Crippen molar-refractivity contribution in [3.8, 4) is 11.5 Å². The first-order valence-corrected chi connectivity index (χ1v) is 8.32. The molecule has 116 valence electrons. The molecule has 0 saturated carbocycles. The lowest BCUT2D eigenvalue weighted by Gasteiger charge is -2.12. The fraction of sp³-hybridized carbons (Fsp3) is 0.267. The van der Waals surface area contributed by atoms with E-state index >= 15 is 0 Å². The van der Waals surface area contributed by atoms with E-state index in [1.54, 1.807) is 18.2 Å². The topological polar surface area (TPSA) is 47.6 Å². The van der Waals surface area contributed by atoms with Crippen molar-refractivity contribution in [2.24, 2.45) is 0 Å². The molecule has 4 nitrogen and oxygen atoms in total. The van der Waals surface area contributed by atoms with Crippen LogP contribution in [0.3, 0.4) is 0 Å². The highest BCUT2D eigenvalue weighted by Gasteiger charge is 2.16. The molecule has 0 aliphatic carbocycles. The van der Waals surface area contributed by atoms with E-state index in [2.05, 4.69) is 5.32 Å². The molecule has 0 spiro atoms. The Morgan fingerprint density at radius 1 is 1.23 bits per heavy atom. The van der Waals surface area contributed by atoms with Crippen molar-refractivity contribution < 1.29 is 14.3 Å². The van der Waals surface area contributed by atoms with Crippen LogP contribution in [0.4, 0.5) is 0 Å². The van der Waals surface area contributed by atoms with Crippen LogP contribution in [0, 0.1) is 0 Å². The molecule has 1 aromatic carbocycles. The zero-order chi connectivity index (χ0) is 15.5. The monoisotopic (exact) mass is 357 g/mol. The number of benzene rings is 1. The molecule has 1 amide bonds. The minimum Gasteiger partial charge on any atom is -0.489 e. The van der Waals surface area contributed by atoms with E-state index in [-0.39, 0.29) is 5.91 Å². The van der Waals surface area contributed by atoms with Gasteiger partial charge in [-0.15, -0.1) is 11.3 Å². The summed E-state index contributed by atoms with van der Waals surface area (Å²) in [6.45, 7) is 1.53. The van der Waals surface area contributed by atoms with Crippen molar-refractivity contribution in [3.05, 3.63) is 44.1 Å². The average molecular weight is 358 g/mol. The number of fused-ring (bicyclic) bond motifs is 1. The number of thiophene rings is 1. The summed E-state index contributed by atoms with van der Waals surface area (Å²) in [5, 5.41) is 3.32. The number of amides is 1. The molecule has 0 radical (unpaired) electrons. The Labute approximate surface area is 141 Å². The second-order valence-corrected chi connectivity index (χ2v) is 6.86. The molecular formula is C15H13Cl2NO3S. The molecule has 0 unspecified atom stereocenters. The van der Waals surface area contributed by atoms with Gasteiger partial charge in [0.1, 0.15) is 0 Å². The van der Waals surface area contributed by atoms with E-state index in [1.165, 1.54) is 11.3 Å². The molecule has 2 aromatic rings. The average Bonchev–Trinajstić information content (AvgIpc) is 2.79. The molecule has 22 heavy (non-hydrogen) atoms. The number of carbonyl (C=O) groups is 1. The molecule has 0 fully saturated rings. The highest BCUT2D eigenvalue weighted by Crippen LogP contribution is 2.38. The molecule has 0 atom stereocenters. The maximum absolute atomic E-state index is 12.0. The lowest BCUT2D eigenvalue weighted by molar-refractivity contribution is 0.0955. The van der Waals surface area contributed by atoms with E-state index < -0.39 is 0 Å². The van der Waals surface area contributed by atoms with E-state index in [9.17, 15) is 4.79 Å². The summed E-state index contributed by atoms with van der Waals surface area (Å²) >= 11 is 13.3. The predicted octanol–water partition coefficient (Wildman–Crippen LogP) is 4.15. The standard InChI is InChI=1S/C15H13Cl2NO3S/c16-10-6-9(7-11-14(10)21-5-1-4-20-11)8-18-15(19)12-2-3-13(17)22-12/h2-3,6-7H,1,4-5,8H2,(H,18,19). The first-order chi connectivity index (χ1) is 10.6. The van der Waals surface area contributed by atoms with Gasteiger partial charge in [0, 0.05) is 13.0 Å². The molecule has 1 N–H and O–H groups in total. The van der Waals surface area contributed by atoms with Crippen LogP contribution in [0.25, 0.3) is 0 Å². The quantitative estimate of drug-likeness (QED) is 0.897. The summed E-state index contributed by atoms with van der Waals surface area (Å²) in [4.78, 5) is 12.6. The third kappa shape index (κ3) is 3.48. The predicted molar refractivity (Wildman–Crippen MR) is 87.6 cm³/mol. The zero-order valence-electron chi connectivity index (χ0n) is 11.5. The van der Waals surface area contributed by atoms with E-state index in [0.29, 0.717) is 45.5 Å². The minimum atomic E-state index is -0.167. The number of carbonyl (C=O) groups excluding carboxylic acids is 1. The summed E-state index contributed by atoms with van der Waals surface area (Å²) in [6.07, 6.45) is 0.816. The van der Waals surface area contributed by atoms with Crippen LogP contribution in [0.1, 0.15) is 21.7 Å². The van der Waals surface area contributed by atoms with Crippen molar-refractivity contribution in [1.82, 2.24) is 5.32 Å². The summed E-state index contributed by atoms with van der Waals surface area (Å²) in [5.74, 6) is 1.02. The largest absolute Gasteiger partial charge is 0.489 e. The van der Waals surface area contributed by atoms with Crippen LogP contribution in [0.15, 0.2) is 24.3 Å². The fourth-order valence-corrected chi connectivity index (χ4v) is 3.34. The number of halogens is 2. The summed E-state index contributed by atoms with van der Waals surface area (Å²) in [7, 11) is 0. The van der Waals surface area contributed by atoms with Gasteiger partial charge in [0.15, 0.2) is 11.5 Å². The molecule has 1 aliphatic rings. The van der Waals surface area contributed by atoms with Gasteiger partial charge >= 0.3 is 0 Å². The van der Waals surface area contributed by atoms with Crippen LogP contribution in [0.5, 0.6) is 11.5 Å². The second kappa shape index (κ2) is 6.77. The van der Waals surface area contributed by atoms with Crippen molar-refractivity contribution in [1.29, 1.82) is 0 Å².